The van der Waals surface area contributed by atoms with Gasteiger partial charge in [-0.2, -0.15) is 0 Å². The summed E-state index contributed by atoms with van der Waals surface area (Å²) in [5.74, 6) is 0.875. The molecular weight excluding hydrogens is 330 g/mol. The minimum Gasteiger partial charge on any atom is -0.497 e. The van der Waals surface area contributed by atoms with Crippen molar-refractivity contribution in [2.75, 3.05) is 40.3 Å². The Morgan fingerprint density at radius 1 is 1.38 bits per heavy atom. The Hall–Kier alpha value is -0.620. The van der Waals surface area contributed by atoms with E-state index in [0.29, 0.717) is 6.54 Å². The van der Waals surface area contributed by atoms with Crippen LogP contribution in [0, 0.1) is 0 Å². The smallest absolute Gasteiger partial charge is 0.119 e. The van der Waals surface area contributed by atoms with Crippen LogP contribution < -0.4 is 10.5 Å². The van der Waals surface area contributed by atoms with Crippen LogP contribution in [0.5, 0.6) is 5.75 Å². The van der Waals surface area contributed by atoms with Crippen molar-refractivity contribution in [2.24, 2.45) is 5.73 Å². The van der Waals surface area contributed by atoms with E-state index < -0.39 is 0 Å². The third-order valence-electron chi connectivity index (χ3n) is 4.57. The monoisotopic (exact) mass is 355 g/mol. The lowest BCUT2D eigenvalue weighted by molar-refractivity contribution is 0.0178. The highest BCUT2D eigenvalue weighted by Crippen LogP contribution is 2.33. The van der Waals surface area contributed by atoms with Gasteiger partial charge in [0, 0.05) is 42.2 Å². The average molecular weight is 356 g/mol. The first-order chi connectivity index (χ1) is 9.89. The molecular formula is C16H26BrN3O. The Morgan fingerprint density at radius 3 is 2.67 bits per heavy atom. The minimum atomic E-state index is 0.164. The number of piperazine rings is 1. The summed E-state index contributed by atoms with van der Waals surface area (Å²) in [7, 11) is 3.89. The molecule has 1 saturated heterocycles. The first-order valence-corrected chi connectivity index (χ1v) is 8.17. The topological polar surface area (TPSA) is 41.7 Å². The van der Waals surface area contributed by atoms with Crippen LogP contribution in [0.15, 0.2) is 22.7 Å². The maximum Gasteiger partial charge on any atom is 0.119 e. The highest BCUT2D eigenvalue weighted by Gasteiger charge is 2.34. The molecule has 0 amide bonds. The molecule has 0 saturated carbocycles. The zero-order valence-electron chi connectivity index (χ0n) is 13.4. The van der Waals surface area contributed by atoms with Crippen LogP contribution in [-0.4, -0.2) is 55.7 Å². The first-order valence-electron chi connectivity index (χ1n) is 7.38. The lowest BCUT2D eigenvalue weighted by Gasteiger charge is -2.48. The quantitative estimate of drug-likeness (QED) is 0.900. The maximum absolute atomic E-state index is 6.10. The number of ether oxygens (including phenoxy) is 1. The molecule has 118 valence electrons. The maximum atomic E-state index is 6.10. The Labute approximate surface area is 136 Å². The number of hydrogen-bond acceptors (Lipinski definition) is 4. The lowest BCUT2D eigenvalue weighted by Crippen LogP contribution is -2.58. The van der Waals surface area contributed by atoms with Gasteiger partial charge in [0.2, 0.25) is 0 Å². The second-order valence-electron chi connectivity index (χ2n) is 6.34. The van der Waals surface area contributed by atoms with Gasteiger partial charge >= 0.3 is 0 Å². The van der Waals surface area contributed by atoms with Gasteiger partial charge in [-0.1, -0.05) is 15.9 Å². The summed E-state index contributed by atoms with van der Waals surface area (Å²) in [6.45, 7) is 8.28. The third kappa shape index (κ3) is 3.59. The SMILES string of the molecule is COc1ccc(Br)c(C(CN)N2CCN(C)C(C)(C)C2)c1. The molecule has 0 aliphatic carbocycles. The van der Waals surface area contributed by atoms with Crippen LogP contribution >= 0.6 is 15.9 Å². The van der Waals surface area contributed by atoms with Gasteiger partial charge in [0.15, 0.2) is 0 Å². The molecule has 0 spiro atoms. The Balaban J connectivity index is 2.28. The summed E-state index contributed by atoms with van der Waals surface area (Å²) in [4.78, 5) is 4.90. The zero-order chi connectivity index (χ0) is 15.6. The van der Waals surface area contributed by atoms with E-state index in [-0.39, 0.29) is 11.6 Å². The van der Waals surface area contributed by atoms with Crippen LogP contribution in [0.4, 0.5) is 0 Å². The molecule has 1 aromatic carbocycles. The van der Waals surface area contributed by atoms with Gasteiger partial charge in [-0.05, 0) is 44.7 Å². The molecule has 1 aliphatic heterocycles. The Kier molecular flexibility index (Phi) is 5.30. The van der Waals surface area contributed by atoms with Crippen molar-refractivity contribution < 1.29 is 4.74 Å². The van der Waals surface area contributed by atoms with Crippen molar-refractivity contribution in [1.82, 2.24) is 9.80 Å². The predicted molar refractivity (Wildman–Crippen MR) is 90.8 cm³/mol. The van der Waals surface area contributed by atoms with Gasteiger partial charge in [0.1, 0.15) is 5.75 Å². The number of rotatable bonds is 4. The van der Waals surface area contributed by atoms with E-state index in [1.54, 1.807) is 7.11 Å². The van der Waals surface area contributed by atoms with Gasteiger partial charge in [-0.15, -0.1) is 0 Å². The van der Waals surface area contributed by atoms with Crippen LogP contribution in [0.1, 0.15) is 25.5 Å². The molecule has 21 heavy (non-hydrogen) atoms. The van der Waals surface area contributed by atoms with Gasteiger partial charge in [-0.3, -0.25) is 9.80 Å². The fourth-order valence-electron chi connectivity index (χ4n) is 2.92. The fourth-order valence-corrected chi connectivity index (χ4v) is 3.43. The number of nitrogens with zero attached hydrogens (tertiary/aromatic N) is 2. The van der Waals surface area contributed by atoms with Crippen molar-refractivity contribution in [3.8, 4) is 5.75 Å². The van der Waals surface area contributed by atoms with Crippen LogP contribution in [0.25, 0.3) is 0 Å². The highest BCUT2D eigenvalue weighted by atomic mass is 79.9. The van der Waals surface area contributed by atoms with E-state index in [2.05, 4.69) is 52.7 Å². The van der Waals surface area contributed by atoms with E-state index in [9.17, 15) is 0 Å². The standard InChI is InChI=1S/C16H26BrN3O/c1-16(2)11-20(8-7-19(16)3)15(10-18)13-9-12(21-4)5-6-14(13)17/h5-6,9,15H,7-8,10-11,18H2,1-4H3. The summed E-state index contributed by atoms with van der Waals surface area (Å²) < 4.78 is 6.45. The number of hydrogen-bond donors (Lipinski definition) is 1. The van der Waals surface area contributed by atoms with Crippen molar-refractivity contribution >= 4 is 15.9 Å². The summed E-state index contributed by atoms with van der Waals surface area (Å²) in [6.07, 6.45) is 0. The largest absolute Gasteiger partial charge is 0.497 e. The predicted octanol–water partition coefficient (Wildman–Crippen LogP) is 2.48. The molecule has 2 N–H and O–H groups in total. The number of nitrogens with two attached hydrogens (primary N) is 1. The Morgan fingerprint density at radius 2 is 2.10 bits per heavy atom. The second-order valence-corrected chi connectivity index (χ2v) is 7.20. The molecule has 1 atom stereocenters. The molecule has 2 rings (SSSR count). The van der Waals surface area contributed by atoms with E-state index in [1.165, 1.54) is 5.56 Å². The van der Waals surface area contributed by atoms with E-state index in [0.717, 1.165) is 29.9 Å². The number of methoxy groups -OCH3 is 1. The van der Waals surface area contributed by atoms with Gasteiger partial charge < -0.3 is 10.5 Å². The van der Waals surface area contributed by atoms with E-state index >= 15 is 0 Å². The normalized spacial score (nSPS) is 21.2. The van der Waals surface area contributed by atoms with Crippen LogP contribution in [-0.2, 0) is 0 Å². The molecule has 1 aliphatic rings. The molecule has 5 heteroatoms. The summed E-state index contributed by atoms with van der Waals surface area (Å²) >= 11 is 3.66. The molecule has 0 radical (unpaired) electrons. The molecule has 4 nitrogen and oxygen atoms in total. The molecule has 0 bridgehead atoms. The van der Waals surface area contributed by atoms with Crippen LogP contribution in [0.2, 0.25) is 0 Å². The molecule has 1 heterocycles. The average Bonchev–Trinajstić information content (AvgIpc) is 2.45. The second kappa shape index (κ2) is 6.65. The van der Waals surface area contributed by atoms with Crippen molar-refractivity contribution in [1.29, 1.82) is 0 Å². The molecule has 0 aromatic heterocycles. The number of halogens is 1. The van der Waals surface area contributed by atoms with Gasteiger partial charge in [0.25, 0.3) is 0 Å². The van der Waals surface area contributed by atoms with E-state index in [1.807, 2.05) is 12.1 Å². The fraction of sp³-hybridized carbons (Fsp3) is 0.625. The zero-order valence-corrected chi connectivity index (χ0v) is 15.0. The molecule has 1 unspecified atom stereocenters. The van der Waals surface area contributed by atoms with Crippen LogP contribution in [0.3, 0.4) is 0 Å². The van der Waals surface area contributed by atoms with Crippen molar-refractivity contribution in [2.45, 2.75) is 25.4 Å². The lowest BCUT2D eigenvalue weighted by atomic mass is 9.96. The highest BCUT2D eigenvalue weighted by molar-refractivity contribution is 9.10. The first kappa shape index (κ1) is 16.7. The number of likely N-dealkylation sites (N-methyl/N-ethyl adjacent to an activating group) is 1. The van der Waals surface area contributed by atoms with Gasteiger partial charge in [-0.25, -0.2) is 0 Å². The van der Waals surface area contributed by atoms with Crippen molar-refractivity contribution in [3.63, 3.8) is 0 Å². The molecule has 1 fully saturated rings. The summed E-state index contributed by atoms with van der Waals surface area (Å²) in [5.41, 5.74) is 7.47. The van der Waals surface area contributed by atoms with Gasteiger partial charge in [0.05, 0.1) is 7.11 Å². The third-order valence-corrected chi connectivity index (χ3v) is 5.29. The summed E-state index contributed by atoms with van der Waals surface area (Å²) in [5, 5.41) is 0. The molecule has 1 aromatic rings. The minimum absolute atomic E-state index is 0.164. The van der Waals surface area contributed by atoms with Crippen molar-refractivity contribution in [3.05, 3.63) is 28.2 Å². The summed E-state index contributed by atoms with van der Waals surface area (Å²) in [6, 6.07) is 6.31. The number of benzene rings is 1. The Bertz CT molecular complexity index is 492. The van der Waals surface area contributed by atoms with E-state index in [4.69, 9.17) is 10.5 Å².